The summed E-state index contributed by atoms with van der Waals surface area (Å²) in [6, 6.07) is 10.5. The Morgan fingerprint density at radius 2 is 1.90 bits per heavy atom. The van der Waals surface area contributed by atoms with Crippen molar-refractivity contribution in [2.45, 2.75) is 18.8 Å². The maximum Gasteiger partial charge on any atom is 0.163 e. The highest BCUT2D eigenvalue weighted by Gasteiger charge is 2.28. The van der Waals surface area contributed by atoms with Crippen LogP contribution in [0.15, 0.2) is 36.4 Å². The van der Waals surface area contributed by atoms with Gasteiger partial charge in [-0.25, -0.2) is 0 Å². The van der Waals surface area contributed by atoms with Crippen LogP contribution in [-0.2, 0) is 0 Å². The number of ketones is 1. The molecule has 1 N–H and O–H groups in total. The molecule has 4 heteroatoms. The Balaban J connectivity index is 2.16. The van der Waals surface area contributed by atoms with E-state index in [0.717, 1.165) is 11.1 Å². The Morgan fingerprint density at radius 1 is 1.10 bits per heavy atom. The monoisotopic (exact) mass is 306 g/mol. The molecule has 2 nitrogen and oxygen atoms in total. The fourth-order valence-corrected chi connectivity index (χ4v) is 3.21. The van der Waals surface area contributed by atoms with Gasteiger partial charge in [0.1, 0.15) is 5.75 Å². The molecular formula is C16H12Cl2O2. The number of rotatable bonds is 1. The van der Waals surface area contributed by atoms with E-state index in [1.54, 1.807) is 18.2 Å². The van der Waals surface area contributed by atoms with Gasteiger partial charge in [0, 0.05) is 17.9 Å². The van der Waals surface area contributed by atoms with Crippen LogP contribution < -0.4 is 0 Å². The van der Waals surface area contributed by atoms with E-state index in [9.17, 15) is 9.90 Å². The molecular weight excluding hydrogens is 295 g/mol. The van der Waals surface area contributed by atoms with Crippen LogP contribution in [0, 0.1) is 0 Å². The Labute approximate surface area is 127 Å². The lowest BCUT2D eigenvalue weighted by Crippen LogP contribution is -2.16. The quantitative estimate of drug-likeness (QED) is 0.821. The van der Waals surface area contributed by atoms with E-state index in [2.05, 4.69) is 0 Å². The summed E-state index contributed by atoms with van der Waals surface area (Å²) in [5, 5.41) is 10.6. The van der Waals surface area contributed by atoms with Crippen LogP contribution in [0.3, 0.4) is 0 Å². The van der Waals surface area contributed by atoms with Crippen molar-refractivity contribution >= 4 is 29.0 Å². The van der Waals surface area contributed by atoms with Gasteiger partial charge in [0.15, 0.2) is 5.78 Å². The van der Waals surface area contributed by atoms with Gasteiger partial charge in [0.05, 0.1) is 10.0 Å². The fourth-order valence-electron chi connectivity index (χ4n) is 2.77. The van der Waals surface area contributed by atoms with E-state index < -0.39 is 0 Å². The average molecular weight is 307 g/mol. The number of fused-ring (bicyclic) bond motifs is 1. The minimum absolute atomic E-state index is 0.0366. The lowest BCUT2D eigenvalue weighted by molar-refractivity contribution is 0.0969. The summed E-state index contributed by atoms with van der Waals surface area (Å²) in [7, 11) is 0. The van der Waals surface area contributed by atoms with E-state index in [1.165, 1.54) is 6.07 Å². The first-order chi connectivity index (χ1) is 9.58. The molecule has 1 aliphatic carbocycles. The first kappa shape index (κ1) is 13.5. The predicted octanol–water partition coefficient (Wildman–Crippen LogP) is 4.81. The van der Waals surface area contributed by atoms with Crippen LogP contribution in [0.25, 0.3) is 0 Å². The second-order valence-electron chi connectivity index (χ2n) is 4.93. The van der Waals surface area contributed by atoms with E-state index in [0.29, 0.717) is 28.5 Å². The minimum atomic E-state index is 0.0366. The molecule has 3 rings (SSSR count). The van der Waals surface area contributed by atoms with E-state index in [4.69, 9.17) is 23.2 Å². The number of carbonyl (C=O) groups is 1. The summed E-state index contributed by atoms with van der Waals surface area (Å²) in [6.07, 6.45) is 1.15. The Kier molecular flexibility index (Phi) is 3.45. The number of Topliss-reactive ketones (excluding diaryl/α,β-unsaturated/α-hetero) is 1. The van der Waals surface area contributed by atoms with Gasteiger partial charge in [-0.05, 0) is 35.7 Å². The molecule has 0 fully saturated rings. The molecule has 0 bridgehead atoms. The summed E-state index contributed by atoms with van der Waals surface area (Å²) in [6.45, 7) is 0. The van der Waals surface area contributed by atoms with Crippen molar-refractivity contribution in [3.8, 4) is 5.75 Å². The highest BCUT2D eigenvalue weighted by molar-refractivity contribution is 6.42. The Bertz CT molecular complexity index is 695. The summed E-state index contributed by atoms with van der Waals surface area (Å²) < 4.78 is 0. The van der Waals surface area contributed by atoms with Crippen molar-refractivity contribution < 1.29 is 9.90 Å². The van der Waals surface area contributed by atoms with E-state index in [-0.39, 0.29) is 17.5 Å². The molecule has 2 aromatic rings. The molecule has 1 unspecified atom stereocenters. The zero-order valence-electron chi connectivity index (χ0n) is 10.6. The van der Waals surface area contributed by atoms with Crippen LogP contribution in [0.2, 0.25) is 10.0 Å². The third kappa shape index (κ3) is 2.19. The highest BCUT2D eigenvalue weighted by Crippen LogP contribution is 2.42. The first-order valence-electron chi connectivity index (χ1n) is 6.38. The lowest BCUT2D eigenvalue weighted by atomic mass is 9.78. The number of hydrogen-bond donors (Lipinski definition) is 1. The predicted molar refractivity (Wildman–Crippen MR) is 80.0 cm³/mol. The normalized spacial score (nSPS) is 17.9. The summed E-state index contributed by atoms with van der Waals surface area (Å²) in [5.74, 6) is 0.203. The molecule has 0 radical (unpaired) electrons. The van der Waals surface area contributed by atoms with Gasteiger partial charge in [0.2, 0.25) is 0 Å². The maximum atomic E-state index is 12.0. The molecule has 0 amide bonds. The topological polar surface area (TPSA) is 37.3 Å². The van der Waals surface area contributed by atoms with Gasteiger partial charge < -0.3 is 5.11 Å². The zero-order valence-corrected chi connectivity index (χ0v) is 12.1. The summed E-state index contributed by atoms with van der Waals surface area (Å²) in [4.78, 5) is 12.0. The third-order valence-corrected chi connectivity index (χ3v) is 4.56. The lowest BCUT2D eigenvalue weighted by Gasteiger charge is -2.26. The molecule has 102 valence electrons. The van der Waals surface area contributed by atoms with Crippen molar-refractivity contribution in [2.75, 3.05) is 0 Å². The molecule has 0 saturated carbocycles. The summed E-state index contributed by atoms with van der Waals surface area (Å²) in [5.41, 5.74) is 2.42. The van der Waals surface area contributed by atoms with E-state index in [1.807, 2.05) is 12.1 Å². The van der Waals surface area contributed by atoms with Gasteiger partial charge >= 0.3 is 0 Å². The van der Waals surface area contributed by atoms with Crippen molar-refractivity contribution in [3.63, 3.8) is 0 Å². The second-order valence-corrected chi connectivity index (χ2v) is 5.71. The van der Waals surface area contributed by atoms with Gasteiger partial charge in [0.25, 0.3) is 0 Å². The highest BCUT2D eigenvalue weighted by atomic mass is 35.5. The molecule has 1 atom stereocenters. The SMILES string of the molecule is O=C1CCC(c2cccc(Cl)c2Cl)c2ccc(O)cc21. The molecule has 0 saturated heterocycles. The van der Waals surface area contributed by atoms with Gasteiger partial charge in [-0.1, -0.05) is 41.4 Å². The van der Waals surface area contributed by atoms with Crippen LogP contribution in [0.4, 0.5) is 0 Å². The summed E-state index contributed by atoms with van der Waals surface area (Å²) >= 11 is 12.4. The molecule has 0 aromatic heterocycles. The number of carbonyl (C=O) groups excluding carboxylic acids is 1. The van der Waals surface area contributed by atoms with Crippen LogP contribution in [0.5, 0.6) is 5.75 Å². The standard InChI is InChI=1S/C16H12Cl2O2/c17-14-3-1-2-12(16(14)18)10-6-7-15(20)13-8-9(19)4-5-11(10)13/h1-5,8,10,19H,6-7H2. The minimum Gasteiger partial charge on any atom is -0.508 e. The third-order valence-electron chi connectivity index (χ3n) is 3.73. The van der Waals surface area contributed by atoms with Gasteiger partial charge in [-0.15, -0.1) is 0 Å². The number of aromatic hydroxyl groups is 1. The Hall–Kier alpha value is -1.51. The Morgan fingerprint density at radius 3 is 2.70 bits per heavy atom. The molecule has 1 aliphatic rings. The number of hydrogen-bond acceptors (Lipinski definition) is 2. The van der Waals surface area contributed by atoms with E-state index >= 15 is 0 Å². The van der Waals surface area contributed by atoms with Gasteiger partial charge in [-0.2, -0.15) is 0 Å². The van der Waals surface area contributed by atoms with Crippen LogP contribution in [0.1, 0.15) is 40.2 Å². The molecule has 0 spiro atoms. The maximum absolute atomic E-state index is 12.0. The van der Waals surface area contributed by atoms with Crippen LogP contribution in [-0.4, -0.2) is 10.9 Å². The van der Waals surface area contributed by atoms with Gasteiger partial charge in [-0.3, -0.25) is 4.79 Å². The van der Waals surface area contributed by atoms with Crippen molar-refractivity contribution in [1.82, 2.24) is 0 Å². The fraction of sp³-hybridized carbons (Fsp3) is 0.188. The number of phenols is 1. The zero-order chi connectivity index (χ0) is 14.3. The molecule has 0 heterocycles. The van der Waals surface area contributed by atoms with Crippen molar-refractivity contribution in [1.29, 1.82) is 0 Å². The number of benzene rings is 2. The molecule has 0 aliphatic heterocycles. The van der Waals surface area contributed by atoms with Crippen molar-refractivity contribution in [3.05, 3.63) is 63.1 Å². The smallest absolute Gasteiger partial charge is 0.163 e. The van der Waals surface area contributed by atoms with Crippen molar-refractivity contribution in [2.24, 2.45) is 0 Å². The average Bonchev–Trinajstić information content (AvgIpc) is 2.43. The van der Waals surface area contributed by atoms with Crippen LogP contribution >= 0.6 is 23.2 Å². The number of phenolic OH excluding ortho intramolecular Hbond substituents is 1. The second kappa shape index (κ2) is 5.12. The largest absolute Gasteiger partial charge is 0.508 e. The molecule has 20 heavy (non-hydrogen) atoms. The molecule has 2 aromatic carbocycles. The number of halogens is 2. The first-order valence-corrected chi connectivity index (χ1v) is 7.13.